The molecule has 2 aliphatic rings. The molecular formula is C12H20N4O. The fourth-order valence-corrected chi connectivity index (χ4v) is 2.81. The van der Waals surface area contributed by atoms with E-state index in [0.29, 0.717) is 12.3 Å². The molecule has 2 aliphatic heterocycles. The Balaban J connectivity index is 1.76. The molecule has 1 saturated heterocycles. The van der Waals surface area contributed by atoms with Gasteiger partial charge in [-0.2, -0.15) is 5.10 Å². The van der Waals surface area contributed by atoms with Gasteiger partial charge in [0.2, 0.25) is 0 Å². The number of aromatic nitrogens is 3. The van der Waals surface area contributed by atoms with Crippen molar-refractivity contribution in [3.63, 3.8) is 0 Å². The first-order chi connectivity index (χ1) is 8.26. The standard InChI is InChI=1S/C12H20N4O/c1-2-15-5-3-9(8-15)12-13-11-7-10(17)4-6-16(11)14-12/h9-10,17H,2-8H2,1H3. The monoisotopic (exact) mass is 236 g/mol. The van der Waals surface area contributed by atoms with Crippen LogP contribution in [0.1, 0.15) is 37.3 Å². The van der Waals surface area contributed by atoms with E-state index in [1.165, 1.54) is 6.42 Å². The third-order valence-electron chi connectivity index (χ3n) is 3.94. The third-order valence-corrected chi connectivity index (χ3v) is 3.94. The maximum atomic E-state index is 9.62. The smallest absolute Gasteiger partial charge is 0.155 e. The van der Waals surface area contributed by atoms with Crippen LogP contribution < -0.4 is 0 Å². The molecule has 0 bridgehead atoms. The second kappa shape index (κ2) is 4.38. The van der Waals surface area contributed by atoms with Crippen LogP contribution in [0.5, 0.6) is 0 Å². The van der Waals surface area contributed by atoms with Crippen molar-refractivity contribution in [3.05, 3.63) is 11.6 Å². The number of aliphatic hydroxyl groups excluding tert-OH is 1. The average molecular weight is 236 g/mol. The third kappa shape index (κ3) is 2.09. The Hall–Kier alpha value is -0.940. The number of aryl methyl sites for hydroxylation is 1. The molecule has 0 aliphatic carbocycles. The van der Waals surface area contributed by atoms with Crippen LogP contribution in [0.25, 0.3) is 0 Å². The molecule has 1 aromatic rings. The van der Waals surface area contributed by atoms with E-state index in [2.05, 4.69) is 21.9 Å². The second-order valence-corrected chi connectivity index (χ2v) is 5.13. The largest absolute Gasteiger partial charge is 0.393 e. The van der Waals surface area contributed by atoms with Crippen molar-refractivity contribution in [3.8, 4) is 0 Å². The summed E-state index contributed by atoms with van der Waals surface area (Å²) in [6, 6.07) is 0. The summed E-state index contributed by atoms with van der Waals surface area (Å²) in [6.07, 6.45) is 2.41. The number of nitrogens with zero attached hydrogens (tertiary/aromatic N) is 4. The van der Waals surface area contributed by atoms with Crippen LogP contribution in [0.4, 0.5) is 0 Å². The van der Waals surface area contributed by atoms with Crippen molar-refractivity contribution >= 4 is 0 Å². The van der Waals surface area contributed by atoms with E-state index < -0.39 is 0 Å². The van der Waals surface area contributed by atoms with Gasteiger partial charge in [0, 0.05) is 25.4 Å². The van der Waals surface area contributed by atoms with E-state index in [0.717, 1.165) is 44.2 Å². The van der Waals surface area contributed by atoms with Gasteiger partial charge in [0.05, 0.1) is 6.10 Å². The molecule has 94 valence electrons. The van der Waals surface area contributed by atoms with Crippen molar-refractivity contribution in [2.24, 2.45) is 0 Å². The highest BCUT2D eigenvalue weighted by Gasteiger charge is 2.28. The van der Waals surface area contributed by atoms with Gasteiger partial charge in [0.1, 0.15) is 5.82 Å². The fraction of sp³-hybridized carbons (Fsp3) is 0.833. The van der Waals surface area contributed by atoms with Gasteiger partial charge >= 0.3 is 0 Å². The summed E-state index contributed by atoms with van der Waals surface area (Å²) < 4.78 is 1.98. The lowest BCUT2D eigenvalue weighted by atomic mass is 10.1. The van der Waals surface area contributed by atoms with Gasteiger partial charge in [-0.25, -0.2) is 9.67 Å². The zero-order valence-electron chi connectivity index (χ0n) is 10.3. The Morgan fingerprint density at radius 2 is 2.24 bits per heavy atom. The summed E-state index contributed by atoms with van der Waals surface area (Å²) in [6.45, 7) is 6.37. The van der Waals surface area contributed by atoms with E-state index in [1.54, 1.807) is 0 Å². The first kappa shape index (κ1) is 11.2. The highest BCUT2D eigenvalue weighted by Crippen LogP contribution is 2.25. The van der Waals surface area contributed by atoms with Crippen molar-refractivity contribution in [2.75, 3.05) is 19.6 Å². The van der Waals surface area contributed by atoms with E-state index in [1.807, 2.05) is 4.68 Å². The summed E-state index contributed by atoms with van der Waals surface area (Å²) in [4.78, 5) is 7.06. The van der Waals surface area contributed by atoms with Crippen LogP contribution >= 0.6 is 0 Å². The van der Waals surface area contributed by atoms with Crippen molar-refractivity contribution < 1.29 is 5.11 Å². The van der Waals surface area contributed by atoms with Crippen molar-refractivity contribution in [2.45, 2.75) is 44.8 Å². The maximum Gasteiger partial charge on any atom is 0.155 e. The first-order valence-corrected chi connectivity index (χ1v) is 6.60. The molecule has 2 atom stereocenters. The Morgan fingerprint density at radius 1 is 1.35 bits per heavy atom. The summed E-state index contributed by atoms with van der Waals surface area (Å²) in [5, 5.41) is 14.2. The van der Waals surface area contributed by atoms with Gasteiger partial charge in [0.15, 0.2) is 5.82 Å². The molecule has 3 heterocycles. The molecule has 2 unspecified atom stereocenters. The predicted molar refractivity (Wildman–Crippen MR) is 63.8 cm³/mol. The van der Waals surface area contributed by atoms with E-state index in [-0.39, 0.29) is 6.10 Å². The zero-order valence-corrected chi connectivity index (χ0v) is 10.3. The summed E-state index contributed by atoms with van der Waals surface area (Å²) in [5.41, 5.74) is 0. The molecule has 0 aromatic carbocycles. The number of rotatable bonds is 2. The molecular weight excluding hydrogens is 216 g/mol. The minimum absolute atomic E-state index is 0.227. The van der Waals surface area contributed by atoms with E-state index >= 15 is 0 Å². The number of aliphatic hydroxyl groups is 1. The number of fused-ring (bicyclic) bond motifs is 1. The molecule has 1 fully saturated rings. The number of hydrogen-bond donors (Lipinski definition) is 1. The Kier molecular flexibility index (Phi) is 2.88. The minimum atomic E-state index is -0.227. The molecule has 0 spiro atoms. The Morgan fingerprint density at radius 3 is 3.00 bits per heavy atom. The summed E-state index contributed by atoms with van der Waals surface area (Å²) in [7, 11) is 0. The lowest BCUT2D eigenvalue weighted by Gasteiger charge is -2.16. The van der Waals surface area contributed by atoms with Crippen LogP contribution in [0.3, 0.4) is 0 Å². The molecule has 5 heteroatoms. The van der Waals surface area contributed by atoms with Crippen LogP contribution in [-0.4, -0.2) is 50.5 Å². The van der Waals surface area contributed by atoms with Gasteiger partial charge in [-0.05, 0) is 25.9 Å². The first-order valence-electron chi connectivity index (χ1n) is 6.60. The summed E-state index contributed by atoms with van der Waals surface area (Å²) in [5.74, 6) is 2.45. The quantitative estimate of drug-likeness (QED) is 0.807. The van der Waals surface area contributed by atoms with Crippen LogP contribution in [-0.2, 0) is 13.0 Å². The average Bonchev–Trinajstić information content (AvgIpc) is 2.93. The van der Waals surface area contributed by atoms with Crippen molar-refractivity contribution in [1.29, 1.82) is 0 Å². The molecule has 0 saturated carbocycles. The minimum Gasteiger partial charge on any atom is -0.393 e. The molecule has 1 N–H and O–H groups in total. The summed E-state index contributed by atoms with van der Waals surface area (Å²) >= 11 is 0. The molecule has 3 rings (SSSR count). The van der Waals surface area contributed by atoms with Crippen LogP contribution in [0.15, 0.2) is 0 Å². The lowest BCUT2D eigenvalue weighted by molar-refractivity contribution is 0.138. The SMILES string of the molecule is CCN1CCC(c2nc3n(n2)CCC(O)C3)C1. The molecule has 17 heavy (non-hydrogen) atoms. The fourth-order valence-electron chi connectivity index (χ4n) is 2.81. The van der Waals surface area contributed by atoms with Crippen LogP contribution in [0, 0.1) is 0 Å². The van der Waals surface area contributed by atoms with E-state index in [4.69, 9.17) is 0 Å². The molecule has 1 aromatic heterocycles. The highest BCUT2D eigenvalue weighted by atomic mass is 16.3. The Labute approximate surface area is 101 Å². The van der Waals surface area contributed by atoms with Gasteiger partial charge < -0.3 is 10.0 Å². The second-order valence-electron chi connectivity index (χ2n) is 5.13. The zero-order chi connectivity index (χ0) is 11.8. The topological polar surface area (TPSA) is 54.2 Å². The van der Waals surface area contributed by atoms with Crippen molar-refractivity contribution in [1.82, 2.24) is 19.7 Å². The van der Waals surface area contributed by atoms with Gasteiger partial charge in [-0.15, -0.1) is 0 Å². The van der Waals surface area contributed by atoms with Gasteiger partial charge in [0.25, 0.3) is 0 Å². The van der Waals surface area contributed by atoms with Gasteiger partial charge in [-0.3, -0.25) is 0 Å². The molecule has 0 radical (unpaired) electrons. The number of hydrogen-bond acceptors (Lipinski definition) is 4. The molecule has 5 nitrogen and oxygen atoms in total. The van der Waals surface area contributed by atoms with Crippen LogP contribution in [0.2, 0.25) is 0 Å². The highest BCUT2D eigenvalue weighted by molar-refractivity contribution is 5.05. The number of likely N-dealkylation sites (tertiary alicyclic amines) is 1. The molecule has 0 amide bonds. The normalized spacial score (nSPS) is 29.5. The lowest BCUT2D eigenvalue weighted by Crippen LogP contribution is -2.23. The predicted octanol–water partition coefficient (Wildman–Crippen LogP) is 0.394. The maximum absolute atomic E-state index is 9.62. The number of likely N-dealkylation sites (N-methyl/N-ethyl adjacent to an activating group) is 1. The van der Waals surface area contributed by atoms with E-state index in [9.17, 15) is 5.11 Å². The Bertz CT molecular complexity index is 403. The van der Waals surface area contributed by atoms with Gasteiger partial charge in [-0.1, -0.05) is 6.92 Å².